The average Bonchev–Trinajstić information content (AvgIpc) is 2.69. The van der Waals surface area contributed by atoms with Crippen molar-refractivity contribution in [1.29, 1.82) is 0 Å². The molecule has 1 aliphatic rings. The van der Waals surface area contributed by atoms with Crippen molar-refractivity contribution < 1.29 is 9.31 Å². The Morgan fingerprint density at radius 2 is 1.59 bits per heavy atom. The van der Waals surface area contributed by atoms with Crippen LogP contribution in [0.15, 0.2) is 23.2 Å². The molecule has 22 heavy (non-hydrogen) atoms. The highest BCUT2D eigenvalue weighted by Gasteiger charge is 2.52. The Hall–Kier alpha value is -1.53. The number of para-hydroxylation sites is 1. The molecular formula is C16H28BN3O2. The summed E-state index contributed by atoms with van der Waals surface area (Å²) in [4.78, 5) is 3.98. The fourth-order valence-electron chi connectivity index (χ4n) is 2.10. The maximum atomic E-state index is 6.20. The van der Waals surface area contributed by atoms with Gasteiger partial charge in [0, 0.05) is 23.8 Å². The summed E-state index contributed by atoms with van der Waals surface area (Å²) in [6.45, 7) is 12.0. The van der Waals surface area contributed by atoms with E-state index in [0.29, 0.717) is 17.1 Å². The number of amidine groups is 1. The number of aliphatic imine (C=N–C) groups is 1. The fourth-order valence-corrected chi connectivity index (χ4v) is 2.10. The van der Waals surface area contributed by atoms with E-state index in [1.54, 1.807) is 7.05 Å². The van der Waals surface area contributed by atoms with E-state index in [4.69, 9.17) is 20.8 Å². The Morgan fingerprint density at radius 1 is 1.09 bits per heavy atom. The van der Waals surface area contributed by atoms with Crippen LogP contribution in [0.3, 0.4) is 0 Å². The van der Waals surface area contributed by atoms with Gasteiger partial charge in [0.05, 0.1) is 11.2 Å². The van der Waals surface area contributed by atoms with Gasteiger partial charge in [0.2, 0.25) is 0 Å². The Balaban J connectivity index is 0.00000116. The summed E-state index contributed by atoms with van der Waals surface area (Å²) < 4.78 is 12.0. The minimum absolute atomic E-state index is 0.398. The van der Waals surface area contributed by atoms with Gasteiger partial charge < -0.3 is 20.8 Å². The van der Waals surface area contributed by atoms with Crippen molar-refractivity contribution in [3.8, 4) is 0 Å². The molecule has 1 saturated heterocycles. The van der Waals surface area contributed by atoms with E-state index in [-0.39, 0.29) is 0 Å². The molecule has 1 heterocycles. The highest BCUT2D eigenvalue weighted by Crippen LogP contribution is 2.36. The van der Waals surface area contributed by atoms with Gasteiger partial charge in [0.15, 0.2) is 0 Å². The number of rotatable bonds is 2. The second-order valence-corrected chi connectivity index (χ2v) is 6.01. The SMILES string of the molecule is CC.CN=C(N)c1cccc(B2OC(C)(C)C(C)(C)O2)c1N. The van der Waals surface area contributed by atoms with Gasteiger partial charge in [-0.3, -0.25) is 4.99 Å². The molecule has 5 nitrogen and oxygen atoms in total. The number of hydrogen-bond acceptors (Lipinski definition) is 4. The summed E-state index contributed by atoms with van der Waals surface area (Å²) in [6.07, 6.45) is 0. The zero-order valence-electron chi connectivity index (χ0n) is 14.7. The fraction of sp³-hybridized carbons (Fsp3) is 0.562. The Bertz CT molecular complexity index is 540. The number of hydrogen-bond donors (Lipinski definition) is 2. The molecule has 1 aliphatic heterocycles. The highest BCUT2D eigenvalue weighted by atomic mass is 16.7. The summed E-state index contributed by atoms with van der Waals surface area (Å²) in [5, 5.41) is 0. The topological polar surface area (TPSA) is 82.9 Å². The second-order valence-electron chi connectivity index (χ2n) is 6.01. The average molecular weight is 305 g/mol. The van der Waals surface area contributed by atoms with Crippen LogP contribution < -0.4 is 16.9 Å². The van der Waals surface area contributed by atoms with Crippen molar-refractivity contribution in [2.75, 3.05) is 12.8 Å². The first-order valence-corrected chi connectivity index (χ1v) is 7.66. The quantitative estimate of drug-likeness (QED) is 0.378. The van der Waals surface area contributed by atoms with Crippen LogP contribution in [0.2, 0.25) is 0 Å². The molecule has 0 unspecified atom stereocenters. The summed E-state index contributed by atoms with van der Waals surface area (Å²) in [6, 6.07) is 5.61. The number of benzene rings is 1. The van der Waals surface area contributed by atoms with Crippen LogP contribution in [0, 0.1) is 0 Å². The minimum Gasteiger partial charge on any atom is -0.399 e. The number of nitrogen functional groups attached to an aromatic ring is 1. The van der Waals surface area contributed by atoms with Crippen molar-refractivity contribution in [3.05, 3.63) is 23.8 Å². The van der Waals surface area contributed by atoms with E-state index in [1.807, 2.05) is 59.7 Å². The largest absolute Gasteiger partial charge is 0.496 e. The third-order valence-electron chi connectivity index (χ3n) is 4.16. The molecule has 0 saturated carbocycles. The van der Waals surface area contributed by atoms with Gasteiger partial charge in [-0.25, -0.2) is 0 Å². The van der Waals surface area contributed by atoms with Crippen LogP contribution in [0.1, 0.15) is 47.1 Å². The Morgan fingerprint density at radius 3 is 2.05 bits per heavy atom. The van der Waals surface area contributed by atoms with E-state index >= 15 is 0 Å². The summed E-state index contributed by atoms with van der Waals surface area (Å²) in [5.41, 5.74) is 13.3. The molecule has 122 valence electrons. The normalized spacial score (nSPS) is 19.6. The summed E-state index contributed by atoms with van der Waals surface area (Å²) in [5.74, 6) is 0.404. The van der Waals surface area contributed by atoms with E-state index in [0.717, 1.165) is 5.46 Å². The molecule has 0 radical (unpaired) electrons. The van der Waals surface area contributed by atoms with Crippen molar-refractivity contribution in [2.45, 2.75) is 52.7 Å². The third-order valence-corrected chi connectivity index (χ3v) is 4.16. The van der Waals surface area contributed by atoms with Crippen LogP contribution in [-0.4, -0.2) is 31.2 Å². The highest BCUT2D eigenvalue weighted by molar-refractivity contribution is 6.64. The first kappa shape index (κ1) is 18.5. The molecule has 0 aromatic heterocycles. The lowest BCUT2D eigenvalue weighted by molar-refractivity contribution is 0.00578. The number of nitrogens with zero attached hydrogens (tertiary/aromatic N) is 1. The third kappa shape index (κ3) is 3.28. The lowest BCUT2D eigenvalue weighted by atomic mass is 9.77. The molecule has 0 spiro atoms. The molecule has 2 rings (SSSR count). The zero-order chi connectivity index (χ0) is 17.1. The molecule has 0 aliphatic carbocycles. The summed E-state index contributed by atoms with van der Waals surface area (Å²) in [7, 11) is 1.14. The van der Waals surface area contributed by atoms with Gasteiger partial charge in [0.25, 0.3) is 0 Å². The predicted octanol–water partition coefficient (Wildman–Crippen LogP) is 1.93. The van der Waals surface area contributed by atoms with Gasteiger partial charge >= 0.3 is 7.12 Å². The van der Waals surface area contributed by atoms with Crippen LogP contribution in [0.5, 0.6) is 0 Å². The second kappa shape index (κ2) is 6.71. The molecule has 6 heteroatoms. The first-order valence-electron chi connectivity index (χ1n) is 7.66. The van der Waals surface area contributed by atoms with Gasteiger partial charge in [-0.2, -0.15) is 0 Å². The van der Waals surface area contributed by atoms with Crippen molar-refractivity contribution in [3.63, 3.8) is 0 Å². The van der Waals surface area contributed by atoms with Crippen LogP contribution in [-0.2, 0) is 9.31 Å². The molecule has 1 aromatic carbocycles. The monoisotopic (exact) mass is 305 g/mol. The van der Waals surface area contributed by atoms with Crippen molar-refractivity contribution >= 4 is 24.1 Å². The lowest BCUT2D eigenvalue weighted by Crippen LogP contribution is -2.41. The van der Waals surface area contributed by atoms with Crippen LogP contribution in [0.25, 0.3) is 0 Å². The van der Waals surface area contributed by atoms with E-state index < -0.39 is 18.3 Å². The van der Waals surface area contributed by atoms with Crippen molar-refractivity contribution in [1.82, 2.24) is 0 Å². The van der Waals surface area contributed by atoms with Crippen LogP contribution >= 0.6 is 0 Å². The molecule has 0 amide bonds. The van der Waals surface area contributed by atoms with E-state index in [9.17, 15) is 0 Å². The minimum atomic E-state index is -0.496. The van der Waals surface area contributed by atoms with E-state index in [2.05, 4.69) is 4.99 Å². The van der Waals surface area contributed by atoms with Gasteiger partial charge in [-0.1, -0.05) is 26.0 Å². The number of nitrogens with two attached hydrogens (primary N) is 2. The Labute approximate surface area is 134 Å². The molecule has 1 aromatic rings. The smallest absolute Gasteiger partial charge is 0.399 e. The van der Waals surface area contributed by atoms with Crippen LogP contribution in [0.4, 0.5) is 5.69 Å². The Kier molecular flexibility index (Phi) is 5.65. The first-order chi connectivity index (χ1) is 10.2. The number of anilines is 1. The molecule has 0 bridgehead atoms. The summed E-state index contributed by atoms with van der Waals surface area (Å²) >= 11 is 0. The molecule has 0 atom stereocenters. The lowest BCUT2D eigenvalue weighted by Gasteiger charge is -2.32. The van der Waals surface area contributed by atoms with Gasteiger partial charge in [0.1, 0.15) is 5.84 Å². The predicted molar refractivity (Wildman–Crippen MR) is 94.6 cm³/mol. The maximum Gasteiger partial charge on any atom is 0.496 e. The standard InChI is InChI=1S/C14H22BN3O2.C2H6/c1-13(2)14(3,4)20-15(19-13)10-8-6-7-9(11(10)16)12(17)18-5;1-2/h6-8H,16H2,1-5H3,(H2,17,18);1-2H3. The van der Waals surface area contributed by atoms with Gasteiger partial charge in [-0.05, 0) is 33.8 Å². The van der Waals surface area contributed by atoms with Crippen molar-refractivity contribution in [2.24, 2.45) is 10.7 Å². The molecule has 4 N–H and O–H groups in total. The zero-order valence-corrected chi connectivity index (χ0v) is 14.7. The maximum absolute atomic E-state index is 6.20. The molecule has 1 fully saturated rings. The van der Waals surface area contributed by atoms with E-state index in [1.165, 1.54) is 0 Å². The molecular weight excluding hydrogens is 277 g/mol. The van der Waals surface area contributed by atoms with Gasteiger partial charge in [-0.15, -0.1) is 0 Å².